The first-order chi connectivity index (χ1) is 3.55. The summed E-state index contributed by atoms with van der Waals surface area (Å²) in [5.41, 5.74) is 4.72. The summed E-state index contributed by atoms with van der Waals surface area (Å²) in [6.07, 6.45) is 0. The number of aliphatic carboxylic acids is 1. The molecule has 4 nitrogen and oxygen atoms in total. The number of hydrogen-bond donors (Lipinski definition) is 3. The topological polar surface area (TPSA) is 83.5 Å². The molecule has 0 spiro atoms. The van der Waals surface area contributed by atoms with Crippen molar-refractivity contribution in [1.29, 1.82) is 0 Å². The van der Waals surface area contributed by atoms with Crippen molar-refractivity contribution in [3.05, 3.63) is 0 Å². The van der Waals surface area contributed by atoms with Crippen LogP contribution in [0.4, 0.5) is 0 Å². The van der Waals surface area contributed by atoms with Crippen molar-refractivity contribution in [2.24, 2.45) is 5.73 Å². The first kappa shape index (κ1) is 4.55. The van der Waals surface area contributed by atoms with Crippen molar-refractivity contribution in [1.82, 2.24) is 0 Å². The SMILES string of the molecule is [2H][13C@H](O)[13C@H]([15NH2])[13C](=O)O. The van der Waals surface area contributed by atoms with Gasteiger partial charge in [-0.1, -0.05) is 0 Å². The molecule has 0 radical (unpaired) electrons. The highest BCUT2D eigenvalue weighted by molar-refractivity contribution is 5.73. The number of aliphatic hydroxyl groups is 1. The Bertz CT molecular complexity index is 94.5. The van der Waals surface area contributed by atoms with E-state index in [1.54, 1.807) is 0 Å². The van der Waals surface area contributed by atoms with Gasteiger partial charge >= 0.3 is 5.97 Å². The first-order valence-corrected chi connectivity index (χ1v) is 1.64. The second-order valence-corrected chi connectivity index (χ2v) is 1.01. The fourth-order valence-corrected chi connectivity index (χ4v) is 0.0638. The van der Waals surface area contributed by atoms with Gasteiger partial charge in [0.1, 0.15) is 6.04 Å². The molecule has 7 heavy (non-hydrogen) atoms. The molecule has 0 aliphatic carbocycles. The maximum absolute atomic E-state index is 9.74. The molecule has 0 rings (SSSR count). The van der Waals surface area contributed by atoms with E-state index < -0.39 is 18.6 Å². The van der Waals surface area contributed by atoms with E-state index in [2.05, 4.69) is 0 Å². The molecule has 4 heteroatoms. The predicted octanol–water partition coefficient (Wildman–Crippen LogP) is -1.61. The molecule has 4 N–H and O–H groups in total. The van der Waals surface area contributed by atoms with Crippen LogP contribution in [0.5, 0.6) is 0 Å². The van der Waals surface area contributed by atoms with Crippen LogP contribution >= 0.6 is 0 Å². The van der Waals surface area contributed by atoms with Gasteiger partial charge in [0, 0.05) is 0 Å². The zero-order valence-electron chi connectivity index (χ0n) is 4.53. The number of rotatable bonds is 2. The summed E-state index contributed by atoms with van der Waals surface area (Å²) in [5.74, 6) is -1.37. The normalized spacial score (nSPS) is 20.0. The Morgan fingerprint density at radius 2 is 2.57 bits per heavy atom. The lowest BCUT2D eigenvalue weighted by Crippen LogP contribution is -2.33. The molecule has 2 atom stereocenters. The van der Waals surface area contributed by atoms with E-state index in [1.165, 1.54) is 0 Å². The van der Waals surface area contributed by atoms with Crippen LogP contribution in [0.25, 0.3) is 0 Å². The van der Waals surface area contributed by atoms with Crippen LogP contribution in [0.2, 0.25) is 0 Å². The second kappa shape index (κ2) is 2.54. The molecular formula is C3H7NO3. The lowest BCUT2D eigenvalue weighted by molar-refractivity contribution is -0.139. The number of aliphatic hydroxyl groups excluding tert-OH is 1. The molecule has 0 aromatic heterocycles. The smallest absolute Gasteiger partial charge is 0.322 e. The zero-order chi connectivity index (χ0) is 6.73. The predicted molar refractivity (Wildman–Crippen MR) is 22.7 cm³/mol. The summed E-state index contributed by atoms with van der Waals surface area (Å²) in [5, 5.41) is 16.1. The van der Waals surface area contributed by atoms with Crippen LogP contribution in [-0.4, -0.2) is 28.8 Å². The van der Waals surface area contributed by atoms with E-state index in [4.69, 9.17) is 17.3 Å². The van der Waals surface area contributed by atoms with Crippen molar-refractivity contribution >= 4 is 5.97 Å². The van der Waals surface area contributed by atoms with E-state index in [0.717, 1.165) is 0 Å². The van der Waals surface area contributed by atoms with Gasteiger partial charge in [-0.25, -0.2) is 0 Å². The Hall–Kier alpha value is -0.610. The van der Waals surface area contributed by atoms with Crippen LogP contribution in [0.1, 0.15) is 1.37 Å². The quantitative estimate of drug-likeness (QED) is 0.295. The van der Waals surface area contributed by atoms with E-state index in [9.17, 15) is 4.79 Å². The summed E-state index contributed by atoms with van der Waals surface area (Å²) < 4.78 is 6.36. The molecule has 0 amide bonds. The van der Waals surface area contributed by atoms with Crippen molar-refractivity contribution < 1.29 is 16.4 Å². The largest absolute Gasteiger partial charge is 0.480 e. The first-order valence-electron chi connectivity index (χ1n) is 2.22. The molecule has 0 heterocycles. The fraction of sp³-hybridized carbons (Fsp3) is 0.667. The van der Waals surface area contributed by atoms with Crippen LogP contribution in [0.15, 0.2) is 0 Å². The van der Waals surface area contributed by atoms with Gasteiger partial charge in [0.25, 0.3) is 0 Å². The van der Waals surface area contributed by atoms with Gasteiger partial charge in [-0.3, -0.25) is 4.79 Å². The van der Waals surface area contributed by atoms with Crippen LogP contribution in [-0.2, 0) is 4.79 Å². The number of nitrogens with two attached hydrogens (primary N) is 1. The third kappa shape index (κ3) is 2.13. The Kier molecular flexibility index (Phi) is 1.65. The van der Waals surface area contributed by atoms with Gasteiger partial charge in [-0.15, -0.1) is 0 Å². The minimum absolute atomic E-state index is 1.37. The molecule has 0 saturated heterocycles. The fourth-order valence-electron chi connectivity index (χ4n) is 0.0638. The van der Waals surface area contributed by atoms with Crippen LogP contribution in [0, 0.1) is 0 Å². The molecule has 0 unspecified atom stereocenters. The van der Waals surface area contributed by atoms with Crippen molar-refractivity contribution in [2.75, 3.05) is 6.58 Å². The Morgan fingerprint density at radius 3 is 2.57 bits per heavy atom. The standard InChI is InChI=1S/C3H7NO3/c4-2(1-5)3(6)7/h2,5H,1,4H2,(H,6,7)/t2-/m0/s1/i1+1D,2+1,3+1,4+1/t1-,2-. The number of carbonyl (C=O) groups is 1. The zero-order valence-corrected chi connectivity index (χ0v) is 3.53. The number of hydrogen-bond acceptors (Lipinski definition) is 3. The second-order valence-electron chi connectivity index (χ2n) is 1.01. The Balaban J connectivity index is 3.64. The molecule has 0 fully saturated rings. The molecule has 0 saturated carbocycles. The molecule has 0 aliphatic rings. The molecule has 0 aromatic rings. The monoisotopic (exact) mass is 110 g/mol. The maximum atomic E-state index is 9.74. The summed E-state index contributed by atoms with van der Waals surface area (Å²) in [6, 6.07) is -1.49. The Labute approximate surface area is 42.0 Å². The summed E-state index contributed by atoms with van der Waals surface area (Å²) in [4.78, 5) is 9.74. The number of carboxylic acid groups (broad SMARTS) is 1. The molecule has 0 aliphatic heterocycles. The van der Waals surface area contributed by atoms with E-state index in [0.29, 0.717) is 0 Å². The van der Waals surface area contributed by atoms with E-state index in [-0.39, 0.29) is 0 Å². The van der Waals surface area contributed by atoms with Crippen LogP contribution < -0.4 is 5.73 Å². The summed E-state index contributed by atoms with van der Waals surface area (Å²) >= 11 is 0. The summed E-state index contributed by atoms with van der Waals surface area (Å²) in [6.45, 7) is -1.73. The average molecular weight is 110 g/mol. The number of carboxylic acids is 1. The van der Waals surface area contributed by atoms with Crippen molar-refractivity contribution in [2.45, 2.75) is 6.04 Å². The van der Waals surface area contributed by atoms with Gasteiger partial charge in [0.05, 0.1) is 7.95 Å². The lowest BCUT2D eigenvalue weighted by Gasteiger charge is -1.96. The maximum Gasteiger partial charge on any atom is 0.322 e. The molecular weight excluding hydrogens is 102 g/mol. The van der Waals surface area contributed by atoms with Crippen molar-refractivity contribution in [3.63, 3.8) is 0 Å². The minimum atomic E-state index is -1.73. The minimum Gasteiger partial charge on any atom is -0.480 e. The lowest BCUT2D eigenvalue weighted by atomic mass is 11.3. The highest BCUT2D eigenvalue weighted by atomic mass is 16.5. The summed E-state index contributed by atoms with van der Waals surface area (Å²) in [7, 11) is 0. The van der Waals surface area contributed by atoms with E-state index in [1.807, 2.05) is 0 Å². The van der Waals surface area contributed by atoms with Gasteiger partial charge in [0.15, 0.2) is 0 Å². The van der Waals surface area contributed by atoms with Gasteiger partial charge in [-0.2, -0.15) is 0 Å². The molecule has 0 aromatic carbocycles. The van der Waals surface area contributed by atoms with Crippen molar-refractivity contribution in [3.8, 4) is 0 Å². The van der Waals surface area contributed by atoms with Gasteiger partial charge in [-0.05, 0) is 0 Å². The highest BCUT2D eigenvalue weighted by Gasteiger charge is 2.06. The Morgan fingerprint density at radius 1 is 2.14 bits per heavy atom. The average Bonchev–Trinajstić information content (AvgIpc) is 1.64. The highest BCUT2D eigenvalue weighted by Crippen LogP contribution is 1.71. The van der Waals surface area contributed by atoms with Gasteiger partial charge < -0.3 is 15.9 Å². The third-order valence-corrected chi connectivity index (χ3v) is 0.446. The van der Waals surface area contributed by atoms with E-state index >= 15 is 0 Å². The molecule has 42 valence electrons. The third-order valence-electron chi connectivity index (χ3n) is 0.446. The van der Waals surface area contributed by atoms with Gasteiger partial charge in [0.2, 0.25) is 0 Å². The van der Waals surface area contributed by atoms with Crippen LogP contribution in [0.3, 0.4) is 0 Å². The molecule has 0 bridgehead atoms.